The van der Waals surface area contributed by atoms with Crippen LogP contribution in [-0.4, -0.2) is 0 Å². The minimum Gasteiger partial charge on any atom is -0.0683 e. The third-order valence-electron chi connectivity index (χ3n) is 8.45. The van der Waals surface area contributed by atoms with Crippen molar-refractivity contribution in [2.75, 3.05) is 0 Å². The van der Waals surface area contributed by atoms with E-state index in [-0.39, 0.29) is 0 Å². The Morgan fingerprint density at radius 1 is 0.535 bits per heavy atom. The van der Waals surface area contributed by atoms with E-state index in [0.717, 1.165) is 29.6 Å². The molecule has 0 spiro atoms. The van der Waals surface area contributed by atoms with Gasteiger partial charge in [0.2, 0.25) is 0 Å². The molecule has 2 bridgehead atoms. The molecule has 3 saturated carbocycles. The molecule has 1 aromatic carbocycles. The van der Waals surface area contributed by atoms with Crippen molar-refractivity contribution in [2.24, 2.45) is 23.7 Å². The number of aryl methyl sites for hydroxylation is 1. The molecule has 0 N–H and O–H groups in total. The average molecular weight is 607 g/mol. The minimum absolute atomic E-state index is 0.843. The lowest BCUT2D eigenvalue weighted by Gasteiger charge is -2.23. The Kier molecular flexibility index (Phi) is 52.2. The second-order valence-electron chi connectivity index (χ2n) is 10.8. The van der Waals surface area contributed by atoms with Crippen LogP contribution in [0.15, 0.2) is 24.3 Å². The molecule has 3 fully saturated rings. The molecular weight excluding hydrogens is 516 g/mol. The molecule has 1 aromatic rings. The fourth-order valence-corrected chi connectivity index (χ4v) is 6.57. The molecule has 262 valence electrons. The molecule has 4 aliphatic rings. The molecule has 0 amide bonds. The predicted molar refractivity (Wildman–Crippen MR) is 208 cm³/mol. The number of hydrogen-bond acceptors (Lipinski definition) is 0. The SMILES string of the molecule is CC.CC.CC.CC.CC.CC.CCC.CCC1CC2CCC1C2.CCC1CCCC1.CCC1CCCc2ccccc21. The maximum atomic E-state index is 2.35. The molecule has 5 rings (SSSR count). The fourth-order valence-electron chi connectivity index (χ4n) is 6.57. The van der Waals surface area contributed by atoms with Gasteiger partial charge in [-0.1, -0.05) is 193 Å². The Labute approximate surface area is 278 Å². The van der Waals surface area contributed by atoms with Crippen LogP contribution in [0.4, 0.5) is 0 Å². The first kappa shape index (κ1) is 51.8. The highest BCUT2D eigenvalue weighted by atomic mass is 14.4. The normalized spacial score (nSPS) is 21.3. The third-order valence-corrected chi connectivity index (χ3v) is 8.45. The van der Waals surface area contributed by atoms with Gasteiger partial charge in [0.05, 0.1) is 0 Å². The average Bonchev–Trinajstić information content (AvgIpc) is 3.91. The Morgan fingerprint density at radius 2 is 1.05 bits per heavy atom. The van der Waals surface area contributed by atoms with Crippen molar-refractivity contribution in [3.05, 3.63) is 35.4 Å². The molecule has 0 heteroatoms. The summed E-state index contributed by atoms with van der Waals surface area (Å²) < 4.78 is 0. The van der Waals surface area contributed by atoms with E-state index in [1.165, 1.54) is 70.6 Å². The molecule has 4 aliphatic carbocycles. The molecule has 4 unspecified atom stereocenters. The molecule has 4 atom stereocenters. The van der Waals surface area contributed by atoms with Gasteiger partial charge in [0.15, 0.2) is 0 Å². The maximum absolute atomic E-state index is 2.35. The summed E-state index contributed by atoms with van der Waals surface area (Å²) in [6, 6.07) is 8.93. The molecule has 0 radical (unpaired) electrons. The summed E-state index contributed by atoms with van der Waals surface area (Å²) >= 11 is 0. The first-order valence-electron chi connectivity index (χ1n) is 20.2. The van der Waals surface area contributed by atoms with Crippen molar-refractivity contribution in [3.8, 4) is 0 Å². The molecule has 0 aromatic heterocycles. The first-order chi connectivity index (χ1) is 21.2. The summed E-state index contributed by atoms with van der Waals surface area (Å²) in [5.74, 6) is 5.37. The number of fused-ring (bicyclic) bond motifs is 3. The Bertz CT molecular complexity index is 567. The molecule has 0 aliphatic heterocycles. The summed E-state index contributed by atoms with van der Waals surface area (Å²) in [4.78, 5) is 0. The van der Waals surface area contributed by atoms with Crippen LogP contribution in [0.25, 0.3) is 0 Å². The van der Waals surface area contributed by atoms with Crippen molar-refractivity contribution in [3.63, 3.8) is 0 Å². The van der Waals surface area contributed by atoms with Crippen LogP contribution in [0.2, 0.25) is 0 Å². The molecule has 43 heavy (non-hydrogen) atoms. The Morgan fingerprint density at radius 3 is 1.40 bits per heavy atom. The van der Waals surface area contributed by atoms with Crippen LogP contribution in [-0.2, 0) is 6.42 Å². The predicted octanol–water partition coefficient (Wildman–Crippen LogP) is 16.5. The van der Waals surface area contributed by atoms with Crippen LogP contribution >= 0.6 is 0 Å². The van der Waals surface area contributed by atoms with E-state index in [1.807, 2.05) is 83.1 Å². The van der Waals surface area contributed by atoms with E-state index < -0.39 is 0 Å². The van der Waals surface area contributed by atoms with Gasteiger partial charge in [0.1, 0.15) is 0 Å². The molecule has 0 heterocycles. The maximum Gasteiger partial charge on any atom is -0.0162 e. The van der Waals surface area contributed by atoms with Gasteiger partial charge in [-0.25, -0.2) is 0 Å². The molecular formula is C43H90. The van der Waals surface area contributed by atoms with Gasteiger partial charge >= 0.3 is 0 Å². The van der Waals surface area contributed by atoms with Gasteiger partial charge in [-0.2, -0.15) is 0 Å². The van der Waals surface area contributed by atoms with E-state index in [0.29, 0.717) is 0 Å². The summed E-state index contributed by atoms with van der Waals surface area (Å²) in [6.45, 7) is 35.2. The van der Waals surface area contributed by atoms with Gasteiger partial charge in [-0.15, -0.1) is 0 Å². The first-order valence-corrected chi connectivity index (χ1v) is 20.2. The summed E-state index contributed by atoms with van der Waals surface area (Å²) in [5.41, 5.74) is 3.21. The van der Waals surface area contributed by atoms with E-state index in [4.69, 9.17) is 0 Å². The summed E-state index contributed by atoms with van der Waals surface area (Å²) in [7, 11) is 0. The largest absolute Gasteiger partial charge is 0.0683 e. The highest BCUT2D eigenvalue weighted by Gasteiger charge is 2.37. The van der Waals surface area contributed by atoms with Crippen LogP contribution in [0.1, 0.15) is 225 Å². The molecule has 0 nitrogen and oxygen atoms in total. The summed E-state index contributed by atoms with van der Waals surface area (Å²) in [6.07, 6.45) is 21.8. The zero-order chi connectivity index (χ0) is 34.5. The molecule has 0 saturated heterocycles. The van der Waals surface area contributed by atoms with Crippen molar-refractivity contribution in [1.29, 1.82) is 0 Å². The van der Waals surface area contributed by atoms with E-state index in [9.17, 15) is 0 Å². The van der Waals surface area contributed by atoms with Crippen LogP contribution in [0.3, 0.4) is 0 Å². The second kappa shape index (κ2) is 43.3. The van der Waals surface area contributed by atoms with Gasteiger partial charge in [-0.05, 0) is 85.7 Å². The third kappa shape index (κ3) is 25.1. The Balaban J connectivity index is -0.000000140. The standard InChI is InChI=1S/C12H16.C9H16.C7H14.C3H8.6C2H6/c1-2-10-7-5-8-11-6-3-4-9-12(10)11;1-2-8-5-7-3-4-9(8)6-7;1-2-7-5-3-4-6-7;1-3-2;6*1-2/h3-4,6,9-10H,2,5,7-8H2,1H3;7-9H,2-6H2,1H3;7H,2-6H2,1H3;3H2,1-2H3;6*1-2H3. The number of hydrogen-bond donors (Lipinski definition) is 0. The zero-order valence-corrected chi connectivity index (χ0v) is 33.8. The highest BCUT2D eigenvalue weighted by molar-refractivity contribution is 5.32. The van der Waals surface area contributed by atoms with Crippen molar-refractivity contribution < 1.29 is 0 Å². The number of rotatable bonds is 3. The second-order valence-corrected chi connectivity index (χ2v) is 10.8. The number of benzene rings is 1. The smallest absolute Gasteiger partial charge is 0.0162 e. The zero-order valence-electron chi connectivity index (χ0n) is 33.8. The van der Waals surface area contributed by atoms with E-state index in [2.05, 4.69) is 58.9 Å². The van der Waals surface area contributed by atoms with Gasteiger partial charge in [0.25, 0.3) is 0 Å². The lowest BCUT2D eigenvalue weighted by Crippen LogP contribution is -2.08. The van der Waals surface area contributed by atoms with Crippen LogP contribution in [0, 0.1) is 23.7 Å². The quantitative estimate of drug-likeness (QED) is 0.321. The van der Waals surface area contributed by atoms with Crippen molar-refractivity contribution in [1.82, 2.24) is 0 Å². The van der Waals surface area contributed by atoms with Crippen LogP contribution < -0.4 is 0 Å². The van der Waals surface area contributed by atoms with Gasteiger partial charge in [-0.3, -0.25) is 0 Å². The minimum atomic E-state index is 0.843. The highest BCUT2D eigenvalue weighted by Crippen LogP contribution is 2.49. The van der Waals surface area contributed by atoms with Gasteiger partial charge < -0.3 is 0 Å². The van der Waals surface area contributed by atoms with Crippen LogP contribution in [0.5, 0.6) is 0 Å². The Hall–Kier alpha value is -0.780. The lowest BCUT2D eigenvalue weighted by atomic mass is 9.81. The van der Waals surface area contributed by atoms with Crippen molar-refractivity contribution in [2.45, 2.75) is 220 Å². The van der Waals surface area contributed by atoms with E-state index in [1.54, 1.807) is 36.8 Å². The fraction of sp³-hybridized carbons (Fsp3) is 0.860. The van der Waals surface area contributed by atoms with Gasteiger partial charge in [0, 0.05) is 0 Å². The van der Waals surface area contributed by atoms with Crippen molar-refractivity contribution >= 4 is 0 Å². The lowest BCUT2D eigenvalue weighted by molar-refractivity contribution is 0.324. The van der Waals surface area contributed by atoms with E-state index >= 15 is 0 Å². The topological polar surface area (TPSA) is 0 Å². The summed E-state index contributed by atoms with van der Waals surface area (Å²) in [5, 5.41) is 0. The monoisotopic (exact) mass is 607 g/mol.